The highest BCUT2D eigenvalue weighted by molar-refractivity contribution is 6.13. The highest BCUT2D eigenvalue weighted by Gasteiger charge is 2.22. The lowest BCUT2D eigenvalue weighted by Gasteiger charge is -2.26. The first-order valence-corrected chi connectivity index (χ1v) is 18.8. The molecule has 56 heavy (non-hydrogen) atoms. The smallest absolute Gasteiger partial charge is 0.238 e. The van der Waals surface area contributed by atoms with Gasteiger partial charge in [-0.25, -0.2) is 4.98 Å². The molecule has 0 saturated heterocycles. The fraction of sp³-hybridized carbons (Fsp3) is 0. The fourth-order valence-electron chi connectivity index (χ4n) is 7.72. The Balaban J connectivity index is 1.20. The van der Waals surface area contributed by atoms with Gasteiger partial charge >= 0.3 is 0 Å². The van der Waals surface area contributed by atoms with E-state index in [1.807, 2.05) is 30.3 Å². The van der Waals surface area contributed by atoms with Gasteiger partial charge in [0, 0.05) is 44.5 Å². The summed E-state index contributed by atoms with van der Waals surface area (Å²) in [6, 6.07) is 73.8. The van der Waals surface area contributed by atoms with Crippen LogP contribution in [0.3, 0.4) is 0 Å². The molecule has 2 heterocycles. The molecule has 0 amide bonds. The number of benzene rings is 8. The summed E-state index contributed by atoms with van der Waals surface area (Å²) in [5.74, 6) is 1.77. The number of hydrogen-bond donors (Lipinski definition) is 0. The second-order valence-corrected chi connectivity index (χ2v) is 13.7. The van der Waals surface area contributed by atoms with Gasteiger partial charge in [-0.15, -0.1) is 0 Å². The minimum atomic E-state index is 0.561. The van der Waals surface area contributed by atoms with E-state index in [4.69, 9.17) is 15.0 Å². The van der Waals surface area contributed by atoms with Gasteiger partial charge in [-0.1, -0.05) is 170 Å². The third-order valence-corrected chi connectivity index (χ3v) is 10.2. The average Bonchev–Trinajstić information content (AvgIpc) is 3.62. The predicted octanol–water partition coefficient (Wildman–Crippen LogP) is 13.1. The van der Waals surface area contributed by atoms with Gasteiger partial charge in [0.05, 0.1) is 11.0 Å². The molecule has 10 rings (SSSR count). The van der Waals surface area contributed by atoms with Crippen molar-refractivity contribution in [3.8, 4) is 51.0 Å². The number of fused-ring (bicyclic) bond motifs is 3. The monoisotopic (exact) mass is 717 g/mol. The molecule has 0 saturated carbocycles. The third kappa shape index (κ3) is 5.98. The lowest BCUT2D eigenvalue weighted by atomic mass is 9.98. The van der Waals surface area contributed by atoms with Crippen molar-refractivity contribution in [3.05, 3.63) is 212 Å². The molecule has 2 aromatic heterocycles. The highest BCUT2D eigenvalue weighted by atomic mass is 15.2. The molecule has 10 aromatic rings. The topological polar surface area (TPSA) is 46.8 Å². The molecule has 0 aliphatic carbocycles. The molecule has 5 nitrogen and oxygen atoms in total. The van der Waals surface area contributed by atoms with E-state index in [0.29, 0.717) is 17.6 Å². The van der Waals surface area contributed by atoms with Gasteiger partial charge in [0.2, 0.25) is 5.95 Å². The van der Waals surface area contributed by atoms with E-state index in [-0.39, 0.29) is 0 Å². The van der Waals surface area contributed by atoms with E-state index in [2.05, 4.69) is 191 Å². The van der Waals surface area contributed by atoms with Crippen LogP contribution in [-0.2, 0) is 0 Å². The Bertz CT molecular complexity index is 2920. The van der Waals surface area contributed by atoms with Crippen LogP contribution in [0.5, 0.6) is 0 Å². The van der Waals surface area contributed by atoms with Crippen molar-refractivity contribution < 1.29 is 0 Å². The van der Waals surface area contributed by atoms with Crippen molar-refractivity contribution >= 4 is 38.9 Å². The maximum absolute atomic E-state index is 5.38. The van der Waals surface area contributed by atoms with E-state index in [1.54, 1.807) is 0 Å². The van der Waals surface area contributed by atoms with Crippen molar-refractivity contribution in [3.63, 3.8) is 0 Å². The van der Waals surface area contributed by atoms with Gasteiger partial charge in [0.25, 0.3) is 0 Å². The maximum Gasteiger partial charge on any atom is 0.238 e. The SMILES string of the molecule is c1ccc(-c2nc(-c3ccccc3-c3cccc(N(c4ccccc4)c4ccccc4)c3)nc(-n3c4ccccc4c4cccc(-c5ccccc5)c43)n2)cc1. The zero-order valence-corrected chi connectivity index (χ0v) is 30.4. The molecular weight excluding hydrogens is 683 g/mol. The summed E-state index contributed by atoms with van der Waals surface area (Å²) in [4.78, 5) is 18.1. The van der Waals surface area contributed by atoms with E-state index >= 15 is 0 Å². The molecule has 0 spiro atoms. The Morgan fingerprint density at radius 3 is 1.55 bits per heavy atom. The number of nitrogens with zero attached hydrogens (tertiary/aromatic N) is 5. The molecule has 5 heteroatoms. The van der Waals surface area contributed by atoms with E-state index in [0.717, 1.165) is 72.2 Å². The Morgan fingerprint density at radius 2 is 0.839 bits per heavy atom. The molecule has 0 atom stereocenters. The summed E-state index contributed by atoms with van der Waals surface area (Å²) in [5, 5.41) is 2.28. The van der Waals surface area contributed by atoms with Crippen LogP contribution in [0.4, 0.5) is 17.1 Å². The zero-order valence-electron chi connectivity index (χ0n) is 30.4. The van der Waals surface area contributed by atoms with E-state index < -0.39 is 0 Å². The van der Waals surface area contributed by atoms with Crippen molar-refractivity contribution in [2.75, 3.05) is 4.90 Å². The quantitative estimate of drug-likeness (QED) is 0.157. The first-order valence-electron chi connectivity index (χ1n) is 18.8. The number of anilines is 3. The summed E-state index contributed by atoms with van der Waals surface area (Å²) in [5.41, 5.74) is 11.5. The third-order valence-electron chi connectivity index (χ3n) is 10.2. The van der Waals surface area contributed by atoms with Gasteiger partial charge in [-0.2, -0.15) is 9.97 Å². The Morgan fingerprint density at radius 1 is 0.339 bits per heavy atom. The van der Waals surface area contributed by atoms with Crippen LogP contribution in [0.1, 0.15) is 0 Å². The predicted molar refractivity (Wildman–Crippen MR) is 231 cm³/mol. The van der Waals surface area contributed by atoms with E-state index in [1.165, 1.54) is 0 Å². The molecule has 0 N–H and O–H groups in total. The van der Waals surface area contributed by atoms with Gasteiger partial charge in [-0.3, -0.25) is 4.57 Å². The Kier molecular flexibility index (Phi) is 8.43. The summed E-state index contributed by atoms with van der Waals surface area (Å²) >= 11 is 0. The van der Waals surface area contributed by atoms with Crippen molar-refractivity contribution in [2.24, 2.45) is 0 Å². The van der Waals surface area contributed by atoms with Crippen LogP contribution in [0.25, 0.3) is 72.8 Å². The number of para-hydroxylation sites is 4. The first kappa shape index (κ1) is 33.0. The first-order chi connectivity index (χ1) is 27.8. The van der Waals surface area contributed by atoms with Gasteiger partial charge in [0.1, 0.15) is 0 Å². The van der Waals surface area contributed by atoms with Crippen molar-refractivity contribution in [1.29, 1.82) is 0 Å². The van der Waals surface area contributed by atoms with E-state index in [9.17, 15) is 0 Å². The molecule has 0 aliphatic rings. The largest absolute Gasteiger partial charge is 0.310 e. The van der Waals surface area contributed by atoms with Gasteiger partial charge < -0.3 is 4.90 Å². The van der Waals surface area contributed by atoms with Gasteiger partial charge in [-0.05, 0) is 59.2 Å². The van der Waals surface area contributed by atoms with Crippen LogP contribution in [-0.4, -0.2) is 19.5 Å². The van der Waals surface area contributed by atoms with Gasteiger partial charge in [0.15, 0.2) is 11.6 Å². The second-order valence-electron chi connectivity index (χ2n) is 13.7. The normalized spacial score (nSPS) is 11.2. The minimum absolute atomic E-state index is 0.561. The maximum atomic E-state index is 5.38. The number of hydrogen-bond acceptors (Lipinski definition) is 4. The highest BCUT2D eigenvalue weighted by Crippen LogP contribution is 2.40. The Hall–Kier alpha value is -7.63. The molecule has 0 bridgehead atoms. The summed E-state index contributed by atoms with van der Waals surface area (Å²) in [7, 11) is 0. The zero-order chi connectivity index (χ0) is 37.3. The van der Waals surface area contributed by atoms with Crippen LogP contribution >= 0.6 is 0 Å². The standard InChI is InChI=1S/C51H35N5/c1-5-19-36(20-6-1)43-32-18-33-45-44-30-15-16-34-47(44)56(48(43)45)51-53-49(37-21-7-2-8-22-37)52-50(54-51)46-31-14-13-29-42(46)38-23-17-28-41(35-38)55(39-24-9-3-10-25-39)40-26-11-4-12-27-40/h1-35H. The van der Waals surface area contributed by atoms with Crippen molar-refractivity contribution in [1.82, 2.24) is 19.5 Å². The van der Waals surface area contributed by atoms with Crippen LogP contribution in [0.15, 0.2) is 212 Å². The molecule has 0 radical (unpaired) electrons. The molecule has 8 aromatic carbocycles. The summed E-state index contributed by atoms with van der Waals surface area (Å²) in [6.45, 7) is 0. The fourth-order valence-corrected chi connectivity index (χ4v) is 7.72. The van der Waals surface area contributed by atoms with Crippen LogP contribution in [0, 0.1) is 0 Å². The lowest BCUT2D eigenvalue weighted by Crippen LogP contribution is -2.09. The van der Waals surface area contributed by atoms with Crippen LogP contribution < -0.4 is 4.90 Å². The number of rotatable bonds is 8. The number of aromatic nitrogens is 4. The summed E-state index contributed by atoms with van der Waals surface area (Å²) in [6.07, 6.45) is 0. The molecule has 0 fully saturated rings. The van der Waals surface area contributed by atoms with Crippen molar-refractivity contribution in [2.45, 2.75) is 0 Å². The molecule has 0 aliphatic heterocycles. The molecule has 264 valence electrons. The molecular formula is C51H35N5. The Labute approximate surface area is 325 Å². The minimum Gasteiger partial charge on any atom is -0.310 e. The lowest BCUT2D eigenvalue weighted by molar-refractivity contribution is 0.954. The van der Waals surface area contributed by atoms with Crippen LogP contribution in [0.2, 0.25) is 0 Å². The average molecular weight is 718 g/mol. The summed E-state index contributed by atoms with van der Waals surface area (Å²) < 4.78 is 2.21. The second kappa shape index (κ2) is 14.3. The molecule has 0 unspecified atom stereocenters.